The molecule has 2 heterocycles. The van der Waals surface area contributed by atoms with Crippen molar-refractivity contribution in [1.29, 1.82) is 0 Å². The van der Waals surface area contributed by atoms with E-state index in [1.54, 1.807) is 29.8 Å². The predicted molar refractivity (Wildman–Crippen MR) is 99.8 cm³/mol. The lowest BCUT2D eigenvalue weighted by Gasteiger charge is -2.12. The fraction of sp³-hybridized carbons (Fsp3) is 0.278. The van der Waals surface area contributed by atoms with Gasteiger partial charge in [-0.05, 0) is 56.0 Å². The first-order chi connectivity index (χ1) is 12.1. The molecule has 2 aromatic heterocycles. The Bertz CT molecular complexity index is 939. The highest BCUT2D eigenvalue weighted by Crippen LogP contribution is 2.40. The molecule has 0 spiro atoms. The van der Waals surface area contributed by atoms with Crippen molar-refractivity contribution in [1.82, 2.24) is 9.97 Å². The van der Waals surface area contributed by atoms with Gasteiger partial charge < -0.3 is 5.32 Å². The van der Waals surface area contributed by atoms with Crippen LogP contribution in [0, 0.1) is 5.82 Å². The zero-order chi connectivity index (χ0) is 17.4. The van der Waals surface area contributed by atoms with Gasteiger partial charge in [0.15, 0.2) is 0 Å². The number of anilines is 1. The number of rotatable bonds is 4. The van der Waals surface area contributed by atoms with Crippen LogP contribution in [-0.4, -0.2) is 21.1 Å². The van der Waals surface area contributed by atoms with E-state index in [0.717, 1.165) is 28.1 Å². The summed E-state index contributed by atoms with van der Waals surface area (Å²) in [5.41, 5.74) is 1.94. The molecule has 1 atom stereocenters. The van der Waals surface area contributed by atoms with Crippen molar-refractivity contribution in [2.75, 3.05) is 5.32 Å². The molecule has 1 aromatic carbocycles. The number of nitrogens with one attached hydrogen (secondary N) is 1. The average Bonchev–Trinajstić information content (AvgIpc) is 3.18. The molecule has 0 radical (unpaired) electrons. The summed E-state index contributed by atoms with van der Waals surface area (Å²) in [5.74, 6) is -0.453. The minimum atomic E-state index is -0.324. The molecule has 1 unspecified atom stereocenters. The van der Waals surface area contributed by atoms with E-state index in [1.807, 2.05) is 6.92 Å². The van der Waals surface area contributed by atoms with Gasteiger partial charge in [-0.3, -0.25) is 4.79 Å². The molecule has 3 aromatic rings. The monoisotopic (exact) mass is 373 g/mol. The summed E-state index contributed by atoms with van der Waals surface area (Å²) in [7, 11) is 0. The molecular weight excluding hydrogens is 357 g/mol. The molecule has 0 saturated carbocycles. The second-order valence-corrected chi connectivity index (χ2v) is 8.39. The van der Waals surface area contributed by atoms with Crippen LogP contribution in [0.1, 0.15) is 23.8 Å². The summed E-state index contributed by atoms with van der Waals surface area (Å²) in [6.45, 7) is 1.85. The molecule has 25 heavy (non-hydrogen) atoms. The molecule has 128 valence electrons. The minimum Gasteiger partial charge on any atom is -0.325 e. The van der Waals surface area contributed by atoms with Crippen LogP contribution in [0.4, 0.5) is 10.1 Å². The van der Waals surface area contributed by atoms with Crippen molar-refractivity contribution in [2.24, 2.45) is 0 Å². The normalized spacial score (nSPS) is 14.5. The van der Waals surface area contributed by atoms with E-state index in [1.165, 1.54) is 40.8 Å². The Morgan fingerprint density at radius 2 is 2.08 bits per heavy atom. The highest BCUT2D eigenvalue weighted by atomic mass is 32.2. The first-order valence-corrected chi connectivity index (χ1v) is 9.80. The van der Waals surface area contributed by atoms with Crippen molar-refractivity contribution in [2.45, 2.75) is 36.5 Å². The number of aryl methyl sites for hydroxylation is 2. The smallest absolute Gasteiger partial charge is 0.237 e. The minimum absolute atomic E-state index is 0.129. The van der Waals surface area contributed by atoms with Gasteiger partial charge in [0.1, 0.15) is 22.0 Å². The quantitative estimate of drug-likeness (QED) is 0.543. The molecule has 1 aliphatic rings. The number of nitrogens with zero attached hydrogens (tertiary/aromatic N) is 2. The Morgan fingerprint density at radius 3 is 2.88 bits per heavy atom. The number of thioether (sulfide) groups is 1. The SMILES string of the molecule is CC(Sc1ncnc2sc3c(c12)CCC3)C(=O)Nc1ccc(F)cc1. The van der Waals surface area contributed by atoms with Gasteiger partial charge in [0, 0.05) is 16.0 Å². The molecule has 0 bridgehead atoms. The van der Waals surface area contributed by atoms with Gasteiger partial charge >= 0.3 is 0 Å². The van der Waals surface area contributed by atoms with Gasteiger partial charge in [-0.15, -0.1) is 11.3 Å². The van der Waals surface area contributed by atoms with Crippen LogP contribution in [0.5, 0.6) is 0 Å². The van der Waals surface area contributed by atoms with Crippen LogP contribution in [0.2, 0.25) is 0 Å². The number of aromatic nitrogens is 2. The maximum Gasteiger partial charge on any atom is 0.237 e. The molecule has 1 N–H and O–H groups in total. The number of thiophene rings is 1. The van der Waals surface area contributed by atoms with Gasteiger partial charge in [-0.2, -0.15) is 0 Å². The molecule has 7 heteroatoms. The summed E-state index contributed by atoms with van der Waals surface area (Å²) in [4.78, 5) is 23.7. The van der Waals surface area contributed by atoms with E-state index in [0.29, 0.717) is 5.69 Å². The maximum atomic E-state index is 13.0. The molecule has 4 rings (SSSR count). The lowest BCUT2D eigenvalue weighted by molar-refractivity contribution is -0.115. The summed E-state index contributed by atoms with van der Waals surface area (Å²) in [6.07, 6.45) is 4.92. The molecule has 4 nitrogen and oxygen atoms in total. The Balaban J connectivity index is 1.54. The van der Waals surface area contributed by atoms with Crippen molar-refractivity contribution in [3.8, 4) is 0 Å². The van der Waals surface area contributed by atoms with Crippen molar-refractivity contribution in [3.05, 3.63) is 46.9 Å². The van der Waals surface area contributed by atoms with Gasteiger partial charge in [-0.25, -0.2) is 14.4 Å². The van der Waals surface area contributed by atoms with Crippen LogP contribution in [0.15, 0.2) is 35.6 Å². The fourth-order valence-corrected chi connectivity index (χ4v) is 5.23. The van der Waals surface area contributed by atoms with Crippen LogP contribution >= 0.6 is 23.1 Å². The lowest BCUT2D eigenvalue weighted by atomic mass is 10.2. The van der Waals surface area contributed by atoms with Gasteiger partial charge in [0.25, 0.3) is 0 Å². The van der Waals surface area contributed by atoms with Crippen LogP contribution in [0.3, 0.4) is 0 Å². The first kappa shape index (κ1) is 16.5. The average molecular weight is 373 g/mol. The summed E-state index contributed by atoms with van der Waals surface area (Å²) < 4.78 is 13.0. The predicted octanol–water partition coefficient (Wildman–Crippen LogP) is 4.44. The van der Waals surface area contributed by atoms with E-state index >= 15 is 0 Å². The van der Waals surface area contributed by atoms with Gasteiger partial charge in [0.2, 0.25) is 5.91 Å². The number of benzene rings is 1. The second-order valence-electron chi connectivity index (χ2n) is 5.97. The number of halogens is 1. The number of hydrogen-bond acceptors (Lipinski definition) is 5. The lowest BCUT2D eigenvalue weighted by Crippen LogP contribution is -2.22. The number of fused-ring (bicyclic) bond motifs is 3. The summed E-state index contributed by atoms with van der Waals surface area (Å²) >= 11 is 3.18. The zero-order valence-corrected chi connectivity index (χ0v) is 15.2. The molecule has 1 aliphatic carbocycles. The van der Waals surface area contributed by atoms with E-state index in [2.05, 4.69) is 15.3 Å². The molecule has 0 fully saturated rings. The number of amides is 1. The maximum absolute atomic E-state index is 13.0. The van der Waals surface area contributed by atoms with Gasteiger partial charge in [-0.1, -0.05) is 11.8 Å². The Kier molecular flexibility index (Phi) is 4.43. The zero-order valence-electron chi connectivity index (χ0n) is 13.6. The topological polar surface area (TPSA) is 54.9 Å². The van der Waals surface area contributed by atoms with Crippen molar-refractivity contribution >= 4 is 44.9 Å². The van der Waals surface area contributed by atoms with Gasteiger partial charge in [0.05, 0.1) is 5.25 Å². The number of carbonyl (C=O) groups is 1. The second kappa shape index (κ2) is 6.72. The van der Waals surface area contributed by atoms with Crippen molar-refractivity contribution < 1.29 is 9.18 Å². The van der Waals surface area contributed by atoms with Crippen LogP contribution in [0.25, 0.3) is 10.2 Å². The highest BCUT2D eigenvalue weighted by molar-refractivity contribution is 8.00. The third-order valence-electron chi connectivity index (χ3n) is 4.24. The van der Waals surface area contributed by atoms with E-state index < -0.39 is 0 Å². The Labute approximate surface area is 152 Å². The summed E-state index contributed by atoms with van der Waals surface area (Å²) in [5, 5.41) is 4.48. The van der Waals surface area contributed by atoms with Crippen LogP contribution < -0.4 is 5.32 Å². The molecule has 1 amide bonds. The van der Waals surface area contributed by atoms with Crippen molar-refractivity contribution in [3.63, 3.8) is 0 Å². The standard InChI is InChI=1S/C18H16FN3OS2/c1-10(16(23)22-12-7-5-11(19)6-8-12)24-17-15-13-3-2-4-14(13)25-18(15)21-9-20-17/h5-10H,2-4H2,1H3,(H,22,23). The van der Waals surface area contributed by atoms with Crippen LogP contribution in [-0.2, 0) is 17.6 Å². The third-order valence-corrected chi connectivity index (χ3v) is 6.54. The fourth-order valence-electron chi connectivity index (χ4n) is 2.99. The molecular formula is C18H16FN3OS2. The van der Waals surface area contributed by atoms with E-state index in [9.17, 15) is 9.18 Å². The van der Waals surface area contributed by atoms with E-state index in [-0.39, 0.29) is 17.0 Å². The summed E-state index contributed by atoms with van der Waals surface area (Å²) in [6, 6.07) is 5.77. The third kappa shape index (κ3) is 3.26. The first-order valence-electron chi connectivity index (χ1n) is 8.10. The number of hydrogen-bond donors (Lipinski definition) is 1. The highest BCUT2D eigenvalue weighted by Gasteiger charge is 2.23. The Hall–Kier alpha value is -1.99. The van der Waals surface area contributed by atoms with E-state index in [4.69, 9.17) is 0 Å². The molecule has 0 saturated heterocycles. The molecule has 0 aliphatic heterocycles. The largest absolute Gasteiger partial charge is 0.325 e. The Morgan fingerprint density at radius 1 is 1.28 bits per heavy atom. The number of carbonyl (C=O) groups excluding carboxylic acids is 1.